The average Bonchev–Trinajstić information content (AvgIpc) is 2.96. The summed E-state index contributed by atoms with van der Waals surface area (Å²) < 4.78 is 5.20. The number of nitrogens with one attached hydrogen (secondary N) is 3. The predicted molar refractivity (Wildman–Crippen MR) is 69.7 cm³/mol. The van der Waals surface area contributed by atoms with Gasteiger partial charge in [0.2, 0.25) is 5.91 Å². The number of amides is 4. The number of urea groups is 1. The van der Waals surface area contributed by atoms with Crippen molar-refractivity contribution in [3.8, 4) is 0 Å². The van der Waals surface area contributed by atoms with Crippen LogP contribution in [-0.4, -0.2) is 29.9 Å². The zero-order valence-corrected chi connectivity index (χ0v) is 11.1. The highest BCUT2D eigenvalue weighted by atomic mass is 16.3. The van der Waals surface area contributed by atoms with Crippen LogP contribution in [0.4, 0.5) is 4.79 Å². The van der Waals surface area contributed by atoms with Gasteiger partial charge in [0.1, 0.15) is 11.8 Å². The van der Waals surface area contributed by atoms with Crippen LogP contribution in [-0.2, 0) is 16.0 Å². The van der Waals surface area contributed by atoms with E-state index in [9.17, 15) is 14.4 Å². The Hall–Kier alpha value is -2.31. The Bertz CT molecular complexity index is 498. The molecule has 1 aliphatic heterocycles. The fourth-order valence-electron chi connectivity index (χ4n) is 2.07. The molecular weight excluding hydrogens is 262 g/mol. The van der Waals surface area contributed by atoms with E-state index < -0.39 is 12.1 Å². The summed E-state index contributed by atoms with van der Waals surface area (Å²) in [5.74, 6) is 0.268. The monoisotopic (exact) mass is 279 g/mol. The minimum atomic E-state index is -0.617. The Labute approximate surface area is 116 Å². The minimum Gasteiger partial charge on any atom is -0.469 e. The van der Waals surface area contributed by atoms with E-state index in [-0.39, 0.29) is 30.7 Å². The van der Waals surface area contributed by atoms with Crippen molar-refractivity contribution >= 4 is 17.8 Å². The maximum Gasteiger partial charge on any atom is 0.322 e. The van der Waals surface area contributed by atoms with Crippen LogP contribution in [0, 0.1) is 0 Å². The van der Waals surface area contributed by atoms with E-state index >= 15 is 0 Å². The van der Waals surface area contributed by atoms with Gasteiger partial charge in [-0.25, -0.2) is 4.79 Å². The Balaban J connectivity index is 1.70. The van der Waals surface area contributed by atoms with Gasteiger partial charge in [-0.3, -0.25) is 14.9 Å². The molecular formula is C13H17N3O4. The highest BCUT2D eigenvalue weighted by Crippen LogP contribution is 2.06. The van der Waals surface area contributed by atoms with Gasteiger partial charge in [-0.2, -0.15) is 0 Å². The molecule has 2 atom stereocenters. The van der Waals surface area contributed by atoms with Crippen LogP contribution in [0.2, 0.25) is 0 Å². The van der Waals surface area contributed by atoms with Crippen LogP contribution in [0.25, 0.3) is 0 Å². The molecule has 4 amide bonds. The van der Waals surface area contributed by atoms with Crippen molar-refractivity contribution in [1.82, 2.24) is 16.0 Å². The second kappa shape index (κ2) is 6.23. The number of furan rings is 1. The molecule has 1 aliphatic rings. The molecule has 0 bridgehead atoms. The molecule has 108 valence electrons. The Morgan fingerprint density at radius 2 is 2.30 bits per heavy atom. The van der Waals surface area contributed by atoms with Crippen LogP contribution in [0.15, 0.2) is 22.8 Å². The van der Waals surface area contributed by atoms with Crippen molar-refractivity contribution < 1.29 is 18.8 Å². The molecule has 7 nitrogen and oxygen atoms in total. The molecule has 3 N–H and O–H groups in total. The van der Waals surface area contributed by atoms with Gasteiger partial charge in [0, 0.05) is 18.9 Å². The minimum absolute atomic E-state index is 0.0550. The highest BCUT2D eigenvalue weighted by molar-refractivity contribution is 6.04. The summed E-state index contributed by atoms with van der Waals surface area (Å²) in [7, 11) is 0. The molecule has 1 saturated heterocycles. The van der Waals surface area contributed by atoms with Crippen molar-refractivity contribution in [3.05, 3.63) is 24.2 Å². The van der Waals surface area contributed by atoms with E-state index in [4.69, 9.17) is 4.42 Å². The zero-order valence-electron chi connectivity index (χ0n) is 11.1. The SMILES string of the molecule is C[C@H](Cc1ccco1)NC(=O)CC[C@H]1NC(=O)NC1=O. The Morgan fingerprint density at radius 3 is 2.90 bits per heavy atom. The molecule has 0 radical (unpaired) electrons. The fraction of sp³-hybridized carbons (Fsp3) is 0.462. The number of hydrogen-bond acceptors (Lipinski definition) is 4. The lowest BCUT2D eigenvalue weighted by Gasteiger charge is -2.13. The molecule has 20 heavy (non-hydrogen) atoms. The normalized spacial score (nSPS) is 19.4. The van der Waals surface area contributed by atoms with Crippen molar-refractivity contribution in [1.29, 1.82) is 0 Å². The van der Waals surface area contributed by atoms with Crippen LogP contribution in [0.3, 0.4) is 0 Å². The standard InChI is InChI=1S/C13H17N3O4/c1-8(7-9-3-2-6-20-9)14-11(17)5-4-10-12(18)16-13(19)15-10/h2-3,6,8,10H,4-5,7H2,1H3,(H,14,17)(H2,15,16,18,19)/t8-,10-/m1/s1. The van der Waals surface area contributed by atoms with Gasteiger partial charge in [0.15, 0.2) is 0 Å². The smallest absolute Gasteiger partial charge is 0.322 e. The lowest BCUT2D eigenvalue weighted by atomic mass is 10.1. The molecule has 0 aliphatic carbocycles. The summed E-state index contributed by atoms with van der Waals surface area (Å²) in [4.78, 5) is 33.9. The Kier molecular flexibility index (Phi) is 4.39. The van der Waals surface area contributed by atoms with Crippen molar-refractivity contribution in [3.63, 3.8) is 0 Å². The number of carbonyl (C=O) groups excluding carboxylic acids is 3. The van der Waals surface area contributed by atoms with Gasteiger partial charge in [0.05, 0.1) is 6.26 Å². The average molecular weight is 279 g/mol. The molecule has 0 aromatic carbocycles. The molecule has 0 saturated carbocycles. The van der Waals surface area contributed by atoms with Crippen molar-refractivity contribution in [2.45, 2.75) is 38.3 Å². The third-order valence-corrected chi connectivity index (χ3v) is 3.01. The quantitative estimate of drug-likeness (QED) is 0.653. The lowest BCUT2D eigenvalue weighted by molar-refractivity contribution is -0.122. The first-order valence-electron chi connectivity index (χ1n) is 6.47. The van der Waals surface area contributed by atoms with Gasteiger partial charge < -0.3 is 15.1 Å². The predicted octanol–water partition coefficient (Wildman–Crippen LogP) is 0.315. The van der Waals surface area contributed by atoms with E-state index in [0.29, 0.717) is 6.42 Å². The van der Waals surface area contributed by atoms with Crippen molar-refractivity contribution in [2.24, 2.45) is 0 Å². The molecule has 0 unspecified atom stereocenters. The van der Waals surface area contributed by atoms with E-state index in [0.717, 1.165) is 5.76 Å². The van der Waals surface area contributed by atoms with Crippen molar-refractivity contribution in [2.75, 3.05) is 0 Å². The van der Waals surface area contributed by atoms with Gasteiger partial charge in [-0.1, -0.05) is 0 Å². The third kappa shape index (κ3) is 3.84. The van der Waals surface area contributed by atoms with Crippen LogP contribution < -0.4 is 16.0 Å². The summed E-state index contributed by atoms with van der Waals surface area (Å²) in [6.07, 6.45) is 2.67. The van der Waals surface area contributed by atoms with Crippen LogP contribution >= 0.6 is 0 Å². The Morgan fingerprint density at radius 1 is 1.50 bits per heavy atom. The number of hydrogen-bond donors (Lipinski definition) is 3. The molecule has 2 heterocycles. The second-order valence-electron chi connectivity index (χ2n) is 4.81. The zero-order chi connectivity index (χ0) is 14.5. The summed E-state index contributed by atoms with van der Waals surface area (Å²) >= 11 is 0. The number of carbonyl (C=O) groups is 3. The van der Waals surface area contributed by atoms with Crippen LogP contribution in [0.1, 0.15) is 25.5 Å². The van der Waals surface area contributed by atoms with E-state index in [1.807, 2.05) is 13.0 Å². The molecule has 1 aromatic rings. The summed E-state index contributed by atoms with van der Waals surface area (Å²) in [5, 5.41) is 7.41. The van der Waals surface area contributed by atoms with E-state index in [2.05, 4.69) is 16.0 Å². The van der Waals surface area contributed by atoms with Gasteiger partial charge in [-0.15, -0.1) is 0 Å². The first-order valence-corrected chi connectivity index (χ1v) is 6.47. The second-order valence-corrected chi connectivity index (χ2v) is 4.81. The fourth-order valence-corrected chi connectivity index (χ4v) is 2.07. The maximum atomic E-state index is 11.7. The van der Waals surface area contributed by atoms with Gasteiger partial charge in [0.25, 0.3) is 5.91 Å². The molecule has 0 spiro atoms. The first kappa shape index (κ1) is 14.1. The summed E-state index contributed by atoms with van der Waals surface area (Å²) in [6, 6.07) is 2.47. The summed E-state index contributed by atoms with van der Waals surface area (Å²) in [6.45, 7) is 1.88. The molecule has 1 fully saturated rings. The molecule has 1 aromatic heterocycles. The topological polar surface area (TPSA) is 100 Å². The largest absolute Gasteiger partial charge is 0.469 e. The van der Waals surface area contributed by atoms with E-state index in [1.54, 1.807) is 12.3 Å². The van der Waals surface area contributed by atoms with E-state index in [1.165, 1.54) is 0 Å². The highest BCUT2D eigenvalue weighted by Gasteiger charge is 2.29. The van der Waals surface area contributed by atoms with Gasteiger partial charge >= 0.3 is 6.03 Å². The number of imide groups is 1. The maximum absolute atomic E-state index is 11.7. The molecule has 2 rings (SSSR count). The number of rotatable bonds is 6. The summed E-state index contributed by atoms with van der Waals surface area (Å²) in [5.41, 5.74) is 0. The first-order chi connectivity index (χ1) is 9.54. The lowest BCUT2D eigenvalue weighted by Crippen LogP contribution is -2.36. The third-order valence-electron chi connectivity index (χ3n) is 3.01. The molecule has 7 heteroatoms. The van der Waals surface area contributed by atoms with Gasteiger partial charge in [-0.05, 0) is 25.5 Å². The van der Waals surface area contributed by atoms with Crippen LogP contribution in [0.5, 0.6) is 0 Å².